The van der Waals surface area contributed by atoms with E-state index in [1.165, 1.54) is 70.6 Å². The quantitative estimate of drug-likeness (QED) is 0.0169. The number of hydrogen-bond donors (Lipinski definition) is 3. The first-order chi connectivity index (χ1) is 49.7. The van der Waals surface area contributed by atoms with E-state index < -0.39 is 97.5 Å². The summed E-state index contributed by atoms with van der Waals surface area (Å²) in [4.78, 5) is 73.0. The van der Waals surface area contributed by atoms with E-state index in [4.69, 9.17) is 37.0 Å². The Morgan fingerprint density at radius 3 is 0.814 bits per heavy atom. The van der Waals surface area contributed by atoms with Crippen molar-refractivity contribution >= 4 is 39.5 Å². The van der Waals surface area contributed by atoms with Crippen molar-refractivity contribution in [3.05, 3.63) is 97.2 Å². The molecule has 0 rings (SSSR count). The third-order valence-corrected chi connectivity index (χ3v) is 18.9. The summed E-state index contributed by atoms with van der Waals surface area (Å²) >= 11 is 0. The molecular weight excluding hydrogens is 1330 g/mol. The van der Waals surface area contributed by atoms with Gasteiger partial charge in [0.15, 0.2) is 12.2 Å². The Morgan fingerprint density at radius 2 is 0.510 bits per heavy atom. The Labute approximate surface area is 620 Å². The molecule has 0 bridgehead atoms. The van der Waals surface area contributed by atoms with Crippen LogP contribution in [0, 0.1) is 0 Å². The van der Waals surface area contributed by atoms with E-state index >= 15 is 0 Å². The zero-order chi connectivity index (χ0) is 74.6. The van der Waals surface area contributed by atoms with Gasteiger partial charge in [-0.25, -0.2) is 9.13 Å². The van der Waals surface area contributed by atoms with Gasteiger partial charge in [-0.1, -0.05) is 273 Å². The first-order valence-corrected chi connectivity index (χ1v) is 43.5. The third kappa shape index (κ3) is 74.3. The van der Waals surface area contributed by atoms with Crippen molar-refractivity contribution in [2.24, 2.45) is 0 Å². The Morgan fingerprint density at radius 1 is 0.284 bits per heavy atom. The maximum Gasteiger partial charge on any atom is 0.472 e. The summed E-state index contributed by atoms with van der Waals surface area (Å²) in [5.41, 5.74) is 0. The van der Waals surface area contributed by atoms with Gasteiger partial charge >= 0.3 is 39.5 Å². The highest BCUT2D eigenvalue weighted by Crippen LogP contribution is 2.45. The largest absolute Gasteiger partial charge is 0.472 e. The van der Waals surface area contributed by atoms with Crippen molar-refractivity contribution in [2.75, 3.05) is 39.6 Å². The molecule has 0 spiro atoms. The van der Waals surface area contributed by atoms with Crippen LogP contribution in [-0.2, 0) is 65.4 Å². The van der Waals surface area contributed by atoms with Crippen LogP contribution in [0.15, 0.2) is 97.2 Å². The van der Waals surface area contributed by atoms with Crippen molar-refractivity contribution < 1.29 is 80.2 Å². The van der Waals surface area contributed by atoms with Gasteiger partial charge in [0.25, 0.3) is 0 Å². The maximum atomic E-state index is 13.1. The lowest BCUT2D eigenvalue weighted by atomic mass is 10.1. The molecule has 0 aliphatic carbocycles. The number of carbonyl (C=O) groups excluding carboxylic acids is 4. The SMILES string of the molecule is CC/C=C\C/C=C\C/C=C\CCCCCCCCCC(=O)OCC(COP(=O)(O)OCC(O)COP(=O)(O)OCC(COC(=O)CCCCCCCC/C=C\C/C=C\C/C=C\CCCCC)OC(=O)CCCCCCC/C=C\CCCCCC)OC(=O)CCCCCCC/C=C\CCCCCC. The molecule has 5 atom stereocenters. The molecule has 0 amide bonds. The zero-order valence-electron chi connectivity index (χ0n) is 64.5. The van der Waals surface area contributed by atoms with Crippen molar-refractivity contribution in [1.82, 2.24) is 0 Å². The van der Waals surface area contributed by atoms with Gasteiger partial charge in [-0.05, 0) is 148 Å². The van der Waals surface area contributed by atoms with E-state index in [2.05, 4.69) is 125 Å². The molecule has 19 heteroatoms. The minimum Gasteiger partial charge on any atom is -0.462 e. The molecule has 0 heterocycles. The lowest BCUT2D eigenvalue weighted by Crippen LogP contribution is -2.30. The van der Waals surface area contributed by atoms with Gasteiger partial charge in [-0.15, -0.1) is 0 Å². The number of rotatable bonds is 76. The van der Waals surface area contributed by atoms with Gasteiger partial charge in [-0.2, -0.15) is 0 Å². The van der Waals surface area contributed by atoms with E-state index in [0.717, 1.165) is 199 Å². The number of hydrogen-bond acceptors (Lipinski definition) is 15. The third-order valence-electron chi connectivity index (χ3n) is 17.0. The Hall–Kier alpha value is -4.02. The van der Waals surface area contributed by atoms with E-state index in [-0.39, 0.29) is 25.7 Å². The molecular formula is C83H146O17P2. The van der Waals surface area contributed by atoms with Crippen LogP contribution in [-0.4, -0.2) is 96.7 Å². The van der Waals surface area contributed by atoms with Crippen LogP contribution >= 0.6 is 15.6 Å². The normalized spacial score (nSPS) is 14.4. The lowest BCUT2D eigenvalue weighted by molar-refractivity contribution is -0.161. The molecule has 17 nitrogen and oxygen atoms in total. The van der Waals surface area contributed by atoms with Gasteiger partial charge in [0.05, 0.1) is 26.4 Å². The highest BCUT2D eigenvalue weighted by atomic mass is 31.2. The lowest BCUT2D eigenvalue weighted by Gasteiger charge is -2.21. The average Bonchev–Trinajstić information content (AvgIpc) is 0.907. The number of carbonyl (C=O) groups is 4. The van der Waals surface area contributed by atoms with Crippen LogP contribution in [0.3, 0.4) is 0 Å². The van der Waals surface area contributed by atoms with Gasteiger partial charge in [0.1, 0.15) is 19.3 Å². The number of unbranched alkanes of at least 4 members (excludes halogenated alkanes) is 34. The second-order valence-electron chi connectivity index (χ2n) is 27.0. The molecule has 0 aromatic heterocycles. The molecule has 0 saturated heterocycles. The second-order valence-corrected chi connectivity index (χ2v) is 29.9. The fourth-order valence-electron chi connectivity index (χ4n) is 10.8. The molecule has 590 valence electrons. The fraction of sp³-hybridized carbons (Fsp3) is 0.759. The topological polar surface area (TPSA) is 237 Å². The number of esters is 4. The molecule has 0 aromatic rings. The number of aliphatic hydroxyl groups is 1. The molecule has 0 aliphatic heterocycles. The minimum atomic E-state index is -4.98. The fourth-order valence-corrected chi connectivity index (χ4v) is 12.4. The summed E-state index contributed by atoms with van der Waals surface area (Å²) in [7, 11) is -9.96. The highest BCUT2D eigenvalue weighted by molar-refractivity contribution is 7.47. The standard InChI is InChI=1S/C83H146O17P2/c1-5-9-13-17-21-25-29-33-35-37-38-40-42-46-48-52-56-60-64-68-81(86)94-74-79(100-83(88)70-66-62-58-54-50-44-32-28-24-20-16-12-8-4)76-98-102(91,92)96-72-77(84)71-95-101(89,90)97-75-78(99-82(87)69-65-61-57-53-49-43-31-27-23-19-15-11-7-3)73-93-80(85)67-63-59-55-51-47-45-41-39-36-34-30-26-22-18-14-10-6-2/h10,14,21-22,25-28,31-36,38,40,77-79,84H,5-9,11-13,15-20,23-24,29-30,37,39,41-76H2,1-4H3,(H,89,90)(H,91,92)/b14-10-,25-21-,26-22-,31-27-,32-28-,35-33-,36-34-,40-38-. The van der Waals surface area contributed by atoms with Gasteiger partial charge in [0.2, 0.25) is 0 Å². The molecule has 0 saturated carbocycles. The van der Waals surface area contributed by atoms with Crippen molar-refractivity contribution in [3.8, 4) is 0 Å². The number of allylic oxidation sites excluding steroid dienone is 16. The molecule has 3 N–H and O–H groups in total. The summed E-state index contributed by atoms with van der Waals surface area (Å²) in [6.07, 6.45) is 79.5. The summed E-state index contributed by atoms with van der Waals surface area (Å²) in [5.74, 6) is -2.20. The van der Waals surface area contributed by atoms with Gasteiger partial charge in [-0.3, -0.25) is 37.3 Å². The number of phosphoric acid groups is 2. The monoisotopic (exact) mass is 1480 g/mol. The van der Waals surface area contributed by atoms with Crippen molar-refractivity contribution in [2.45, 2.75) is 367 Å². The molecule has 0 aliphatic rings. The minimum absolute atomic E-state index is 0.0824. The summed E-state index contributed by atoms with van der Waals surface area (Å²) in [6, 6.07) is 0. The predicted molar refractivity (Wildman–Crippen MR) is 418 cm³/mol. The Kier molecular flexibility index (Phi) is 72.3. The van der Waals surface area contributed by atoms with Crippen molar-refractivity contribution in [1.29, 1.82) is 0 Å². The summed E-state index contributed by atoms with van der Waals surface area (Å²) < 4.78 is 68.6. The summed E-state index contributed by atoms with van der Waals surface area (Å²) in [6.45, 7) is 4.70. The molecule has 5 unspecified atom stereocenters. The Bertz CT molecular complexity index is 2310. The highest BCUT2D eigenvalue weighted by Gasteiger charge is 2.30. The summed E-state index contributed by atoms with van der Waals surface area (Å²) in [5, 5.41) is 10.6. The molecule has 0 fully saturated rings. The number of ether oxygens (including phenoxy) is 4. The van der Waals surface area contributed by atoms with E-state index in [9.17, 15) is 43.2 Å². The second kappa shape index (κ2) is 75.2. The van der Waals surface area contributed by atoms with Crippen LogP contribution in [0.4, 0.5) is 0 Å². The maximum absolute atomic E-state index is 13.1. The van der Waals surface area contributed by atoms with Crippen molar-refractivity contribution in [3.63, 3.8) is 0 Å². The van der Waals surface area contributed by atoms with Crippen LogP contribution < -0.4 is 0 Å². The van der Waals surface area contributed by atoms with Gasteiger partial charge in [0, 0.05) is 25.7 Å². The van der Waals surface area contributed by atoms with Crippen LogP contribution in [0.25, 0.3) is 0 Å². The predicted octanol–water partition coefficient (Wildman–Crippen LogP) is 23.6. The number of aliphatic hydroxyl groups excluding tert-OH is 1. The molecule has 102 heavy (non-hydrogen) atoms. The molecule has 0 aromatic carbocycles. The van der Waals surface area contributed by atoms with Crippen LogP contribution in [0.2, 0.25) is 0 Å². The van der Waals surface area contributed by atoms with Crippen LogP contribution in [0.5, 0.6) is 0 Å². The Balaban J connectivity index is 5.33. The zero-order valence-corrected chi connectivity index (χ0v) is 66.3. The van der Waals surface area contributed by atoms with E-state index in [1.807, 2.05) is 0 Å². The van der Waals surface area contributed by atoms with E-state index in [0.29, 0.717) is 25.7 Å². The van der Waals surface area contributed by atoms with E-state index in [1.54, 1.807) is 0 Å². The number of phosphoric ester groups is 2. The first-order valence-electron chi connectivity index (χ1n) is 40.5. The van der Waals surface area contributed by atoms with Crippen LogP contribution in [0.1, 0.15) is 349 Å². The first kappa shape index (κ1) is 98.0. The average molecular weight is 1480 g/mol. The molecule has 0 radical (unpaired) electrons. The van der Waals surface area contributed by atoms with Gasteiger partial charge < -0.3 is 33.8 Å². The smallest absolute Gasteiger partial charge is 0.462 e.